The highest BCUT2D eigenvalue weighted by molar-refractivity contribution is 7.25. The highest BCUT2D eigenvalue weighted by atomic mass is 32.1. The van der Waals surface area contributed by atoms with E-state index in [1.54, 1.807) is 23.0 Å². The molecule has 1 aliphatic rings. The Morgan fingerprint density at radius 2 is 2.31 bits per heavy atom. The number of fused-ring (bicyclic) bond motifs is 3. The molecule has 26 heavy (non-hydrogen) atoms. The highest BCUT2D eigenvalue weighted by Crippen LogP contribution is 2.36. The van der Waals surface area contributed by atoms with Gasteiger partial charge in [-0.15, -0.1) is 11.3 Å². The molecule has 0 fully saturated rings. The first-order valence-electron chi connectivity index (χ1n) is 8.42. The first kappa shape index (κ1) is 16.8. The molecule has 7 heteroatoms. The second-order valence-electron chi connectivity index (χ2n) is 6.03. The number of halogens is 1. The quantitative estimate of drug-likeness (QED) is 0.740. The maximum atomic E-state index is 14.1. The number of nitrogens with zero attached hydrogens (tertiary/aromatic N) is 2. The molecule has 0 aliphatic heterocycles. The number of rotatable bonds is 4. The Labute approximate surface area is 153 Å². The van der Waals surface area contributed by atoms with Crippen molar-refractivity contribution >= 4 is 37.3 Å². The largest absolute Gasteiger partial charge is 0.494 e. The summed E-state index contributed by atoms with van der Waals surface area (Å²) in [5.41, 5.74) is 0.841. The summed E-state index contributed by atoms with van der Waals surface area (Å²) < 4.78 is 21.3. The van der Waals surface area contributed by atoms with Crippen LogP contribution in [-0.4, -0.2) is 23.2 Å². The van der Waals surface area contributed by atoms with Crippen LogP contribution in [0, 0.1) is 0 Å². The number of thiophene rings is 1. The van der Waals surface area contributed by atoms with Gasteiger partial charge in [-0.2, -0.15) is 0 Å². The molecule has 0 spiro atoms. The molecule has 3 aromatic heterocycles. The predicted molar refractivity (Wildman–Crippen MR) is 103 cm³/mol. The first-order chi connectivity index (χ1) is 12.6. The first-order valence-corrected chi connectivity index (χ1v) is 9.23. The van der Waals surface area contributed by atoms with E-state index in [9.17, 15) is 9.18 Å². The van der Waals surface area contributed by atoms with E-state index in [-0.39, 0.29) is 17.4 Å². The van der Waals surface area contributed by atoms with Crippen molar-refractivity contribution < 1.29 is 9.13 Å². The molecular formula is C19H18FN3O2S. The van der Waals surface area contributed by atoms with Crippen LogP contribution in [0.3, 0.4) is 0 Å². The van der Waals surface area contributed by atoms with E-state index in [1.165, 1.54) is 24.5 Å². The van der Waals surface area contributed by atoms with Crippen molar-refractivity contribution in [1.82, 2.24) is 9.55 Å². The van der Waals surface area contributed by atoms with Crippen LogP contribution in [-0.2, 0) is 4.74 Å². The topological polar surface area (TPSA) is 56.2 Å². The van der Waals surface area contributed by atoms with Crippen LogP contribution in [0.5, 0.6) is 0 Å². The Bertz CT molecular complexity index is 1110. The number of hydrogen-bond acceptors (Lipinski definition) is 5. The molecule has 1 N–H and O–H groups in total. The number of pyridine rings is 2. The number of methoxy groups -OCH3 is 1. The smallest absolute Gasteiger partial charge is 0.269 e. The second-order valence-corrected chi connectivity index (χ2v) is 7.03. The normalized spacial score (nSPS) is 17.3. The van der Waals surface area contributed by atoms with Crippen LogP contribution >= 0.6 is 11.3 Å². The summed E-state index contributed by atoms with van der Waals surface area (Å²) in [6.07, 6.45) is 7.09. The highest BCUT2D eigenvalue weighted by Gasteiger charge is 2.21. The van der Waals surface area contributed by atoms with Gasteiger partial charge in [-0.1, -0.05) is 0 Å². The fraction of sp³-hybridized carbons (Fsp3) is 0.263. The Kier molecular flexibility index (Phi) is 4.24. The SMILES string of the molecule is CCNc1ccnc2sc3c(=O)n(C4C=C(F)C(OC)=CC4)ccc3c12. The van der Waals surface area contributed by atoms with E-state index < -0.39 is 5.83 Å². The molecule has 5 nitrogen and oxygen atoms in total. The number of allylic oxidation sites excluding steroid dienone is 3. The monoisotopic (exact) mass is 371 g/mol. The molecule has 3 aromatic rings. The average molecular weight is 371 g/mol. The lowest BCUT2D eigenvalue weighted by atomic mass is 10.1. The van der Waals surface area contributed by atoms with Crippen molar-refractivity contribution in [2.45, 2.75) is 19.4 Å². The fourth-order valence-electron chi connectivity index (χ4n) is 3.32. The fourth-order valence-corrected chi connectivity index (χ4v) is 4.42. The molecule has 134 valence electrons. The minimum Gasteiger partial charge on any atom is -0.494 e. The van der Waals surface area contributed by atoms with Gasteiger partial charge in [-0.25, -0.2) is 9.37 Å². The molecule has 0 aromatic carbocycles. The minimum absolute atomic E-state index is 0.128. The van der Waals surface area contributed by atoms with E-state index in [0.29, 0.717) is 11.1 Å². The van der Waals surface area contributed by atoms with Crippen LogP contribution in [0.25, 0.3) is 20.3 Å². The number of hydrogen-bond donors (Lipinski definition) is 1. The molecule has 4 rings (SSSR count). The van der Waals surface area contributed by atoms with E-state index in [4.69, 9.17) is 4.74 Å². The summed E-state index contributed by atoms with van der Waals surface area (Å²) in [5.74, 6) is -0.222. The number of anilines is 1. The van der Waals surface area contributed by atoms with Crippen LogP contribution in [0.15, 0.2) is 53.1 Å². The molecule has 0 bridgehead atoms. The van der Waals surface area contributed by atoms with Crippen molar-refractivity contribution in [2.24, 2.45) is 0 Å². The molecule has 1 atom stereocenters. The van der Waals surface area contributed by atoms with Gasteiger partial charge in [-0.05, 0) is 37.6 Å². The Hall–Kier alpha value is -2.67. The number of nitrogens with one attached hydrogen (secondary N) is 1. The molecule has 0 saturated carbocycles. The summed E-state index contributed by atoms with van der Waals surface area (Å²) in [6.45, 7) is 2.81. The van der Waals surface area contributed by atoms with Gasteiger partial charge in [0.05, 0.1) is 13.2 Å². The molecule has 0 radical (unpaired) electrons. The zero-order chi connectivity index (χ0) is 18.3. The van der Waals surface area contributed by atoms with Crippen LogP contribution in [0.4, 0.5) is 10.1 Å². The Morgan fingerprint density at radius 1 is 1.46 bits per heavy atom. The Balaban J connectivity index is 1.87. The van der Waals surface area contributed by atoms with Crippen LogP contribution < -0.4 is 10.9 Å². The van der Waals surface area contributed by atoms with Crippen LogP contribution in [0.1, 0.15) is 19.4 Å². The van der Waals surface area contributed by atoms with Gasteiger partial charge in [0, 0.05) is 35.4 Å². The summed E-state index contributed by atoms with van der Waals surface area (Å²) >= 11 is 1.37. The van der Waals surface area contributed by atoms with E-state index in [1.807, 2.05) is 19.1 Å². The maximum absolute atomic E-state index is 14.1. The maximum Gasteiger partial charge on any atom is 0.269 e. The molecule has 1 aliphatic carbocycles. The lowest BCUT2D eigenvalue weighted by Gasteiger charge is -2.19. The third-order valence-corrected chi connectivity index (χ3v) is 5.62. The van der Waals surface area contributed by atoms with Gasteiger partial charge in [0.25, 0.3) is 5.56 Å². The predicted octanol–water partition coefficient (Wildman–Crippen LogP) is 4.37. The van der Waals surface area contributed by atoms with Crippen molar-refractivity contribution in [3.63, 3.8) is 0 Å². The van der Waals surface area contributed by atoms with E-state index >= 15 is 0 Å². The van der Waals surface area contributed by atoms with Crippen molar-refractivity contribution in [3.05, 3.63) is 58.6 Å². The minimum atomic E-state index is -0.441. The summed E-state index contributed by atoms with van der Waals surface area (Å²) in [5, 5.41) is 5.16. The summed E-state index contributed by atoms with van der Waals surface area (Å²) in [4.78, 5) is 18.3. The molecule has 0 saturated heterocycles. The molecule has 3 heterocycles. The molecular weight excluding hydrogens is 353 g/mol. The van der Waals surface area contributed by atoms with Crippen LogP contribution in [0.2, 0.25) is 0 Å². The summed E-state index contributed by atoms with van der Waals surface area (Å²) in [6, 6.07) is 3.47. The van der Waals surface area contributed by atoms with Crippen molar-refractivity contribution in [1.29, 1.82) is 0 Å². The third kappa shape index (κ3) is 2.59. The second kappa shape index (κ2) is 6.57. The number of aromatic nitrogens is 2. The van der Waals surface area contributed by atoms with E-state index in [0.717, 1.165) is 27.8 Å². The number of ether oxygens (including phenoxy) is 1. The third-order valence-electron chi connectivity index (χ3n) is 4.52. The van der Waals surface area contributed by atoms with Crippen molar-refractivity contribution in [2.75, 3.05) is 19.0 Å². The Morgan fingerprint density at radius 3 is 3.04 bits per heavy atom. The lowest BCUT2D eigenvalue weighted by molar-refractivity contribution is 0.275. The van der Waals surface area contributed by atoms with Gasteiger partial charge >= 0.3 is 0 Å². The zero-order valence-electron chi connectivity index (χ0n) is 14.5. The van der Waals surface area contributed by atoms with Gasteiger partial charge < -0.3 is 14.6 Å². The van der Waals surface area contributed by atoms with Gasteiger partial charge in [0.15, 0.2) is 5.83 Å². The molecule has 0 amide bonds. The van der Waals surface area contributed by atoms with Crippen molar-refractivity contribution in [3.8, 4) is 0 Å². The summed E-state index contributed by atoms with van der Waals surface area (Å²) in [7, 11) is 1.43. The van der Waals surface area contributed by atoms with E-state index in [2.05, 4.69) is 10.3 Å². The van der Waals surface area contributed by atoms with Gasteiger partial charge in [0.1, 0.15) is 15.3 Å². The zero-order valence-corrected chi connectivity index (χ0v) is 15.3. The van der Waals surface area contributed by atoms with Gasteiger partial charge in [0.2, 0.25) is 0 Å². The standard InChI is InChI=1S/C19H18FN3O2S/c1-3-21-14-6-8-22-18-16(14)12-7-9-23(19(24)17(12)26-18)11-4-5-15(25-2)13(20)10-11/h5-11H,3-4H2,1-2H3,(H,21,22). The van der Waals surface area contributed by atoms with Gasteiger partial charge in [-0.3, -0.25) is 4.79 Å². The molecule has 1 unspecified atom stereocenters. The average Bonchev–Trinajstić information content (AvgIpc) is 3.03. The lowest BCUT2D eigenvalue weighted by Crippen LogP contribution is -2.23.